The van der Waals surface area contributed by atoms with Gasteiger partial charge in [-0.15, -0.1) is 0 Å². The van der Waals surface area contributed by atoms with E-state index in [2.05, 4.69) is 45.1 Å². The van der Waals surface area contributed by atoms with Crippen LogP contribution in [-0.4, -0.2) is 11.3 Å². The van der Waals surface area contributed by atoms with Gasteiger partial charge in [0, 0.05) is 10.9 Å². The van der Waals surface area contributed by atoms with E-state index >= 15 is 0 Å². The zero-order valence-electron chi connectivity index (χ0n) is 11.5. The molecule has 3 heteroatoms. The Morgan fingerprint density at radius 1 is 1.39 bits per heavy atom. The Bertz CT molecular complexity index is 450. The van der Waals surface area contributed by atoms with E-state index in [0.29, 0.717) is 12.0 Å². The molecule has 1 amide bonds. The summed E-state index contributed by atoms with van der Waals surface area (Å²) in [6.07, 6.45) is 1.12. The van der Waals surface area contributed by atoms with Crippen LogP contribution in [-0.2, 0) is 5.41 Å². The SMILES string of the molecule is CC1CC1NC(=O)Sc1cccc(C(C)(C)C)c1. The quantitative estimate of drug-likeness (QED) is 0.810. The number of carbonyl (C=O) groups excluding carboxylic acids is 1. The van der Waals surface area contributed by atoms with E-state index in [1.807, 2.05) is 12.1 Å². The van der Waals surface area contributed by atoms with Crippen molar-refractivity contribution < 1.29 is 4.79 Å². The second-order valence-electron chi connectivity index (χ2n) is 6.13. The summed E-state index contributed by atoms with van der Waals surface area (Å²) in [5, 5.41) is 3.10. The van der Waals surface area contributed by atoms with Gasteiger partial charge >= 0.3 is 0 Å². The first-order valence-corrected chi connectivity index (χ1v) is 7.27. The van der Waals surface area contributed by atoms with Crippen molar-refractivity contribution in [3.05, 3.63) is 29.8 Å². The van der Waals surface area contributed by atoms with Crippen LogP contribution in [0.4, 0.5) is 4.79 Å². The van der Waals surface area contributed by atoms with Crippen LogP contribution in [0.3, 0.4) is 0 Å². The number of amides is 1. The topological polar surface area (TPSA) is 29.1 Å². The van der Waals surface area contributed by atoms with Crippen LogP contribution in [0.2, 0.25) is 0 Å². The van der Waals surface area contributed by atoms with E-state index in [0.717, 1.165) is 11.3 Å². The van der Waals surface area contributed by atoms with Crippen LogP contribution in [0.5, 0.6) is 0 Å². The molecule has 2 rings (SSSR count). The second kappa shape index (κ2) is 4.96. The fourth-order valence-corrected chi connectivity index (χ4v) is 2.59. The van der Waals surface area contributed by atoms with Gasteiger partial charge in [-0.25, -0.2) is 0 Å². The fourth-order valence-electron chi connectivity index (χ4n) is 1.84. The average molecular weight is 263 g/mol. The van der Waals surface area contributed by atoms with Crippen molar-refractivity contribution in [2.75, 3.05) is 0 Å². The lowest BCUT2D eigenvalue weighted by Gasteiger charge is -2.19. The molecule has 0 saturated heterocycles. The lowest BCUT2D eigenvalue weighted by atomic mass is 9.87. The number of carbonyl (C=O) groups is 1. The molecule has 2 unspecified atom stereocenters. The molecule has 0 bridgehead atoms. The molecule has 1 aromatic carbocycles. The van der Waals surface area contributed by atoms with E-state index in [9.17, 15) is 4.79 Å². The Kier molecular flexibility index (Phi) is 3.71. The minimum atomic E-state index is 0.0652. The van der Waals surface area contributed by atoms with E-state index < -0.39 is 0 Å². The molecule has 0 radical (unpaired) electrons. The van der Waals surface area contributed by atoms with E-state index in [-0.39, 0.29) is 10.7 Å². The zero-order chi connectivity index (χ0) is 13.3. The lowest BCUT2D eigenvalue weighted by molar-refractivity contribution is 0.260. The molecule has 98 valence electrons. The molecule has 0 aromatic heterocycles. The highest BCUT2D eigenvalue weighted by molar-refractivity contribution is 8.13. The molecule has 1 aliphatic rings. The van der Waals surface area contributed by atoms with Crippen molar-refractivity contribution in [3.63, 3.8) is 0 Å². The molecular weight excluding hydrogens is 242 g/mol. The summed E-state index contributed by atoms with van der Waals surface area (Å²) in [4.78, 5) is 12.8. The van der Waals surface area contributed by atoms with Gasteiger partial charge in [0.1, 0.15) is 0 Å². The van der Waals surface area contributed by atoms with Crippen LogP contribution in [0.15, 0.2) is 29.2 Å². The van der Waals surface area contributed by atoms with Gasteiger partial charge in [0.2, 0.25) is 0 Å². The summed E-state index contributed by atoms with van der Waals surface area (Å²) < 4.78 is 0. The standard InChI is InChI=1S/C15H21NOS/c1-10-8-13(10)16-14(17)18-12-7-5-6-11(9-12)15(2,3)4/h5-7,9-10,13H,8H2,1-4H3,(H,16,17). The largest absolute Gasteiger partial charge is 0.344 e. The summed E-state index contributed by atoms with van der Waals surface area (Å²) in [6, 6.07) is 8.65. The van der Waals surface area contributed by atoms with Gasteiger partial charge < -0.3 is 5.32 Å². The Hall–Kier alpha value is -0.960. The van der Waals surface area contributed by atoms with E-state index in [4.69, 9.17) is 0 Å². The summed E-state index contributed by atoms with van der Waals surface area (Å²) in [7, 11) is 0. The summed E-state index contributed by atoms with van der Waals surface area (Å²) in [6.45, 7) is 8.71. The fraction of sp³-hybridized carbons (Fsp3) is 0.533. The summed E-state index contributed by atoms with van der Waals surface area (Å²) >= 11 is 1.29. The van der Waals surface area contributed by atoms with Crippen molar-refractivity contribution in [2.24, 2.45) is 5.92 Å². The molecule has 2 atom stereocenters. The minimum Gasteiger partial charge on any atom is -0.344 e. The van der Waals surface area contributed by atoms with Gasteiger partial charge in [-0.05, 0) is 47.2 Å². The smallest absolute Gasteiger partial charge is 0.284 e. The molecule has 0 spiro atoms. The Labute approximate surface area is 114 Å². The molecule has 0 heterocycles. The first-order chi connectivity index (χ1) is 8.36. The monoisotopic (exact) mass is 263 g/mol. The normalized spacial score (nSPS) is 22.7. The number of nitrogens with one attached hydrogen (secondary N) is 1. The number of benzene rings is 1. The van der Waals surface area contributed by atoms with E-state index in [1.165, 1.54) is 17.3 Å². The molecule has 1 saturated carbocycles. The van der Waals surface area contributed by atoms with Crippen LogP contribution in [0.25, 0.3) is 0 Å². The Morgan fingerprint density at radius 3 is 2.61 bits per heavy atom. The minimum absolute atomic E-state index is 0.0652. The second-order valence-corrected chi connectivity index (χ2v) is 7.18. The van der Waals surface area contributed by atoms with Crippen molar-refractivity contribution >= 4 is 17.0 Å². The number of rotatable bonds is 2. The molecule has 2 nitrogen and oxygen atoms in total. The van der Waals surface area contributed by atoms with Crippen molar-refractivity contribution in [3.8, 4) is 0 Å². The van der Waals surface area contributed by atoms with Crippen LogP contribution in [0, 0.1) is 5.92 Å². The number of hydrogen-bond donors (Lipinski definition) is 1. The first kappa shape index (κ1) is 13.5. The highest BCUT2D eigenvalue weighted by Gasteiger charge is 2.33. The van der Waals surface area contributed by atoms with Crippen molar-refractivity contribution in [2.45, 2.75) is 50.5 Å². The summed E-state index contributed by atoms with van der Waals surface area (Å²) in [5.74, 6) is 0.649. The number of hydrogen-bond acceptors (Lipinski definition) is 2. The maximum Gasteiger partial charge on any atom is 0.284 e. The van der Waals surface area contributed by atoms with Crippen molar-refractivity contribution in [1.29, 1.82) is 0 Å². The van der Waals surface area contributed by atoms with Crippen LogP contribution in [0.1, 0.15) is 39.7 Å². The molecule has 0 aliphatic heterocycles. The maximum absolute atomic E-state index is 11.8. The molecule has 1 fully saturated rings. The predicted octanol–water partition coefficient (Wildman–Crippen LogP) is 4.19. The van der Waals surface area contributed by atoms with Gasteiger partial charge in [-0.1, -0.05) is 39.8 Å². The average Bonchev–Trinajstić information content (AvgIpc) is 2.93. The van der Waals surface area contributed by atoms with Crippen LogP contribution >= 0.6 is 11.8 Å². The highest BCUT2D eigenvalue weighted by Crippen LogP contribution is 2.31. The molecule has 1 aromatic rings. The highest BCUT2D eigenvalue weighted by atomic mass is 32.2. The first-order valence-electron chi connectivity index (χ1n) is 6.45. The van der Waals surface area contributed by atoms with Gasteiger partial charge in [0.15, 0.2) is 0 Å². The third-order valence-electron chi connectivity index (χ3n) is 3.32. The maximum atomic E-state index is 11.8. The molecule has 18 heavy (non-hydrogen) atoms. The third-order valence-corrected chi connectivity index (χ3v) is 4.12. The van der Waals surface area contributed by atoms with E-state index in [1.54, 1.807) is 0 Å². The molecule has 1 N–H and O–H groups in total. The Balaban J connectivity index is 1.98. The van der Waals surface area contributed by atoms with Gasteiger partial charge in [0.05, 0.1) is 0 Å². The molecular formula is C15H21NOS. The molecule has 1 aliphatic carbocycles. The van der Waals surface area contributed by atoms with Gasteiger partial charge in [-0.2, -0.15) is 0 Å². The number of thioether (sulfide) groups is 1. The third kappa shape index (κ3) is 3.52. The Morgan fingerprint density at radius 2 is 2.06 bits per heavy atom. The lowest BCUT2D eigenvalue weighted by Crippen LogP contribution is -2.22. The van der Waals surface area contributed by atoms with Crippen LogP contribution < -0.4 is 5.32 Å². The van der Waals surface area contributed by atoms with Gasteiger partial charge in [0.25, 0.3) is 5.24 Å². The van der Waals surface area contributed by atoms with Crippen molar-refractivity contribution in [1.82, 2.24) is 5.32 Å². The zero-order valence-corrected chi connectivity index (χ0v) is 12.3. The predicted molar refractivity (Wildman–Crippen MR) is 77.1 cm³/mol. The summed E-state index contributed by atoms with van der Waals surface area (Å²) in [5.41, 5.74) is 1.39. The van der Waals surface area contributed by atoms with Gasteiger partial charge in [-0.3, -0.25) is 4.79 Å².